The van der Waals surface area contributed by atoms with Gasteiger partial charge < -0.3 is 19.3 Å². The number of benzene rings is 2. The Morgan fingerprint density at radius 3 is 2.51 bits per heavy atom. The second-order valence-electron chi connectivity index (χ2n) is 9.68. The van der Waals surface area contributed by atoms with E-state index in [2.05, 4.69) is 11.8 Å². The van der Waals surface area contributed by atoms with Gasteiger partial charge in [-0.05, 0) is 62.6 Å². The lowest BCUT2D eigenvalue weighted by atomic mass is 10.1. The summed E-state index contributed by atoms with van der Waals surface area (Å²) in [6.45, 7) is 4.84. The Morgan fingerprint density at radius 1 is 1.15 bits per heavy atom. The minimum absolute atomic E-state index is 0.0523. The number of thiophene rings is 1. The molecule has 0 bridgehead atoms. The molecule has 2 aromatic carbocycles. The van der Waals surface area contributed by atoms with Crippen LogP contribution in [0.3, 0.4) is 0 Å². The molecule has 10 heteroatoms. The van der Waals surface area contributed by atoms with Crippen molar-refractivity contribution in [1.82, 2.24) is 9.13 Å². The zero-order valence-electron chi connectivity index (χ0n) is 23.0. The molecule has 5 rings (SSSR count). The van der Waals surface area contributed by atoms with Crippen molar-refractivity contribution in [2.45, 2.75) is 45.4 Å². The third-order valence-corrected chi connectivity index (χ3v) is 8.41. The molecule has 0 aliphatic carbocycles. The summed E-state index contributed by atoms with van der Waals surface area (Å²) in [7, 11) is 1.59. The van der Waals surface area contributed by atoms with Gasteiger partial charge in [0.1, 0.15) is 16.7 Å². The van der Waals surface area contributed by atoms with Crippen molar-refractivity contribution >= 4 is 27.5 Å². The number of para-hydroxylation sites is 1. The third kappa shape index (κ3) is 5.57. The molecular weight excluding hydrogens is 544 g/mol. The number of hydrogen-bond donors (Lipinski definition) is 1. The zero-order valence-corrected chi connectivity index (χ0v) is 23.8. The van der Waals surface area contributed by atoms with Gasteiger partial charge >= 0.3 is 11.7 Å². The van der Waals surface area contributed by atoms with Crippen LogP contribution in [0.2, 0.25) is 0 Å². The van der Waals surface area contributed by atoms with Crippen molar-refractivity contribution in [3.05, 3.63) is 90.9 Å². The van der Waals surface area contributed by atoms with Crippen molar-refractivity contribution in [1.29, 1.82) is 0 Å². The molecule has 0 unspecified atom stereocenters. The summed E-state index contributed by atoms with van der Waals surface area (Å²) in [5.41, 5.74) is 0.755. The molecule has 4 aromatic rings. The summed E-state index contributed by atoms with van der Waals surface area (Å²) in [5, 5.41) is 9.73. The maximum absolute atomic E-state index is 14.2. The van der Waals surface area contributed by atoms with Crippen LogP contribution in [0.4, 0.5) is 0 Å². The van der Waals surface area contributed by atoms with Crippen LogP contribution >= 0.6 is 11.3 Å². The van der Waals surface area contributed by atoms with E-state index in [1.807, 2.05) is 31.2 Å². The number of methoxy groups -OCH3 is 1. The van der Waals surface area contributed by atoms with E-state index in [0.29, 0.717) is 39.6 Å². The molecule has 0 radical (unpaired) electrons. The van der Waals surface area contributed by atoms with E-state index in [4.69, 9.17) is 14.2 Å². The van der Waals surface area contributed by atoms with Crippen molar-refractivity contribution in [3.8, 4) is 23.3 Å². The second-order valence-corrected chi connectivity index (χ2v) is 10.7. The Kier molecular flexibility index (Phi) is 8.40. The number of ether oxygens (including phenoxy) is 3. The summed E-state index contributed by atoms with van der Waals surface area (Å²) in [6.07, 6.45) is 0.795. The Balaban J connectivity index is 1.73. The molecule has 1 fully saturated rings. The predicted octanol–water partition coefficient (Wildman–Crippen LogP) is 4.54. The smallest absolute Gasteiger partial charge is 0.336 e. The number of carboxylic acid groups (broad SMARTS) is 1. The van der Waals surface area contributed by atoms with Gasteiger partial charge in [-0.1, -0.05) is 24.1 Å². The summed E-state index contributed by atoms with van der Waals surface area (Å²) in [5.74, 6) is 5.49. The van der Waals surface area contributed by atoms with Gasteiger partial charge in [0.05, 0.1) is 41.3 Å². The van der Waals surface area contributed by atoms with Crippen molar-refractivity contribution in [2.75, 3.05) is 20.3 Å². The van der Waals surface area contributed by atoms with E-state index in [1.54, 1.807) is 18.6 Å². The summed E-state index contributed by atoms with van der Waals surface area (Å²) in [6, 6.07) is 13.2. The SMILES string of the molecule is CC#Cc1sc2c(c1C)c(=O)n(-c1ccc(C(=O)O)cc1)c(=O)n2C[C@H](OC1CCOCC1)c1ccccc1OC. The van der Waals surface area contributed by atoms with Crippen LogP contribution < -0.4 is 16.0 Å². The highest BCUT2D eigenvalue weighted by Gasteiger charge is 2.27. The van der Waals surface area contributed by atoms with E-state index in [-0.39, 0.29) is 23.9 Å². The van der Waals surface area contributed by atoms with Crippen LogP contribution in [-0.2, 0) is 16.0 Å². The molecule has 212 valence electrons. The number of carboxylic acids is 1. The van der Waals surface area contributed by atoms with Crippen LogP contribution in [0.5, 0.6) is 5.75 Å². The minimum atomic E-state index is -1.10. The summed E-state index contributed by atoms with van der Waals surface area (Å²) >= 11 is 1.30. The number of carbonyl (C=O) groups is 1. The van der Waals surface area contributed by atoms with E-state index in [9.17, 15) is 19.5 Å². The highest BCUT2D eigenvalue weighted by atomic mass is 32.1. The molecule has 1 atom stereocenters. The van der Waals surface area contributed by atoms with Gasteiger partial charge in [-0.15, -0.1) is 17.3 Å². The molecule has 3 heterocycles. The summed E-state index contributed by atoms with van der Waals surface area (Å²) in [4.78, 5) is 40.7. The Bertz CT molecular complexity index is 1770. The third-order valence-electron chi connectivity index (χ3n) is 7.18. The van der Waals surface area contributed by atoms with E-state index < -0.39 is 23.3 Å². The largest absolute Gasteiger partial charge is 0.496 e. The van der Waals surface area contributed by atoms with E-state index >= 15 is 0 Å². The topological polar surface area (TPSA) is 109 Å². The lowest BCUT2D eigenvalue weighted by Gasteiger charge is -2.29. The van der Waals surface area contributed by atoms with E-state index in [1.165, 1.54) is 35.6 Å². The number of aromatic carboxylic acids is 1. The van der Waals surface area contributed by atoms with Gasteiger partial charge in [-0.3, -0.25) is 9.36 Å². The molecule has 1 saturated heterocycles. The summed E-state index contributed by atoms with van der Waals surface area (Å²) < 4.78 is 20.5. The normalized spacial score (nSPS) is 14.4. The Morgan fingerprint density at radius 2 is 1.85 bits per heavy atom. The molecule has 0 saturated carbocycles. The predicted molar refractivity (Wildman–Crippen MR) is 157 cm³/mol. The molecule has 1 aliphatic heterocycles. The van der Waals surface area contributed by atoms with Gasteiger partial charge in [-0.25, -0.2) is 14.2 Å². The monoisotopic (exact) mass is 574 g/mol. The maximum Gasteiger partial charge on any atom is 0.336 e. The maximum atomic E-state index is 14.2. The zero-order chi connectivity index (χ0) is 29.1. The fraction of sp³-hybridized carbons (Fsp3) is 0.323. The molecule has 0 amide bonds. The number of rotatable bonds is 8. The first kappa shape index (κ1) is 28.4. The lowest BCUT2D eigenvalue weighted by Crippen LogP contribution is -2.40. The number of nitrogens with zero attached hydrogens (tertiary/aromatic N) is 2. The van der Waals surface area contributed by atoms with Gasteiger partial charge in [0.15, 0.2) is 0 Å². The fourth-order valence-electron chi connectivity index (χ4n) is 5.08. The molecule has 1 aliphatic rings. The average molecular weight is 575 g/mol. The number of hydrogen-bond acceptors (Lipinski definition) is 7. The van der Waals surface area contributed by atoms with Gasteiger partial charge in [0.25, 0.3) is 5.56 Å². The number of fused-ring (bicyclic) bond motifs is 1. The molecule has 9 nitrogen and oxygen atoms in total. The Hall–Kier alpha value is -4.17. The highest BCUT2D eigenvalue weighted by Crippen LogP contribution is 2.34. The van der Waals surface area contributed by atoms with Gasteiger partial charge in [0.2, 0.25) is 0 Å². The molecule has 1 N–H and O–H groups in total. The highest BCUT2D eigenvalue weighted by molar-refractivity contribution is 7.19. The van der Waals surface area contributed by atoms with Crippen LogP contribution in [0.25, 0.3) is 15.9 Å². The number of aromatic nitrogens is 2. The van der Waals surface area contributed by atoms with Crippen LogP contribution in [-0.4, -0.2) is 46.6 Å². The quantitative estimate of drug-likeness (QED) is 0.308. The van der Waals surface area contributed by atoms with Crippen molar-refractivity contribution in [2.24, 2.45) is 0 Å². The fourth-order valence-corrected chi connectivity index (χ4v) is 6.29. The van der Waals surface area contributed by atoms with Crippen molar-refractivity contribution in [3.63, 3.8) is 0 Å². The molecule has 2 aromatic heterocycles. The van der Waals surface area contributed by atoms with E-state index in [0.717, 1.165) is 23.0 Å². The first-order valence-electron chi connectivity index (χ1n) is 13.3. The second kappa shape index (κ2) is 12.1. The van der Waals surface area contributed by atoms with Crippen LogP contribution in [0.1, 0.15) is 52.2 Å². The molecule has 0 spiro atoms. The lowest BCUT2D eigenvalue weighted by molar-refractivity contribution is -0.0752. The molecular formula is C31H30N2O7S. The minimum Gasteiger partial charge on any atom is -0.496 e. The standard InChI is InChI=1S/C31H30N2O7S/c1-4-7-26-19(2)27-28(34)33(21-12-10-20(11-13-21)30(35)36)31(37)32(29(27)41-26)18-25(40-22-14-16-39-17-15-22)23-8-5-6-9-24(23)38-3/h5-6,8-13,22,25H,14-18H2,1-3H3,(H,35,36)/t25-/m0/s1. The van der Waals surface area contributed by atoms with Crippen molar-refractivity contribution < 1.29 is 24.1 Å². The van der Waals surface area contributed by atoms with Gasteiger partial charge in [-0.2, -0.15) is 0 Å². The Labute approximate surface area is 240 Å². The van der Waals surface area contributed by atoms with Crippen LogP contribution in [0.15, 0.2) is 58.1 Å². The number of aryl methyl sites for hydroxylation is 1. The average Bonchev–Trinajstić information content (AvgIpc) is 3.31. The first-order valence-corrected chi connectivity index (χ1v) is 14.1. The first-order chi connectivity index (χ1) is 19.8. The molecule has 41 heavy (non-hydrogen) atoms. The van der Waals surface area contributed by atoms with Gasteiger partial charge in [0, 0.05) is 18.8 Å². The van der Waals surface area contributed by atoms with Crippen LogP contribution in [0, 0.1) is 18.8 Å².